The van der Waals surface area contributed by atoms with Crippen LogP contribution in [0, 0.1) is 0 Å². The lowest BCUT2D eigenvalue weighted by Crippen LogP contribution is -2.30. The molecule has 0 aliphatic carbocycles. The summed E-state index contributed by atoms with van der Waals surface area (Å²) in [4.78, 5) is 0.225. The summed E-state index contributed by atoms with van der Waals surface area (Å²) in [5.74, 6) is 0.372. The summed E-state index contributed by atoms with van der Waals surface area (Å²) in [6, 6.07) is 6.78. The van der Waals surface area contributed by atoms with Crippen molar-refractivity contribution in [3.05, 3.63) is 29.8 Å². The molecule has 4 nitrogen and oxygen atoms in total. The average molecular weight is 257 g/mol. The Morgan fingerprint density at radius 3 is 2.12 bits per heavy atom. The Labute approximate surface area is 103 Å². The highest BCUT2D eigenvalue weighted by atomic mass is 32.2. The third-order valence-corrected chi connectivity index (χ3v) is 3.87. The summed E-state index contributed by atoms with van der Waals surface area (Å²) in [6.07, 6.45) is -0.695. The van der Waals surface area contributed by atoms with E-state index in [-0.39, 0.29) is 11.4 Å². The van der Waals surface area contributed by atoms with Crippen molar-refractivity contribution >= 4 is 10.0 Å². The fraction of sp³-hybridized carbons (Fsp3) is 0.500. The molecule has 1 rings (SSSR count). The van der Waals surface area contributed by atoms with E-state index in [0.717, 1.165) is 5.56 Å². The van der Waals surface area contributed by atoms with Gasteiger partial charge >= 0.3 is 0 Å². The van der Waals surface area contributed by atoms with Crippen LogP contribution in [0.3, 0.4) is 0 Å². The van der Waals surface area contributed by atoms with Gasteiger partial charge in [-0.2, -0.15) is 0 Å². The Morgan fingerprint density at radius 2 is 1.71 bits per heavy atom. The van der Waals surface area contributed by atoms with Crippen molar-refractivity contribution in [3.63, 3.8) is 0 Å². The minimum atomic E-state index is -3.51. The summed E-state index contributed by atoms with van der Waals surface area (Å²) in [6.45, 7) is 5.66. The molecular weight excluding hydrogens is 238 g/mol. The highest BCUT2D eigenvalue weighted by Crippen LogP contribution is 2.17. The molecule has 96 valence electrons. The number of aliphatic hydroxyl groups is 1. The molecule has 1 aromatic rings. The molecule has 1 atom stereocenters. The Hall–Kier alpha value is -0.910. The van der Waals surface area contributed by atoms with Gasteiger partial charge in [-0.3, -0.25) is 0 Å². The number of rotatable bonds is 5. The molecule has 0 bridgehead atoms. The van der Waals surface area contributed by atoms with Crippen molar-refractivity contribution in [1.29, 1.82) is 0 Å². The van der Waals surface area contributed by atoms with Gasteiger partial charge in [-0.1, -0.05) is 26.0 Å². The molecule has 0 radical (unpaired) electrons. The monoisotopic (exact) mass is 257 g/mol. The van der Waals surface area contributed by atoms with E-state index in [0.29, 0.717) is 5.92 Å². The summed E-state index contributed by atoms with van der Waals surface area (Å²) in [5.41, 5.74) is 1.10. The van der Waals surface area contributed by atoms with E-state index in [4.69, 9.17) is 5.11 Å². The highest BCUT2D eigenvalue weighted by Gasteiger charge is 2.14. The van der Waals surface area contributed by atoms with Gasteiger partial charge < -0.3 is 5.11 Å². The molecule has 0 saturated carbocycles. The zero-order chi connectivity index (χ0) is 13.1. The van der Waals surface area contributed by atoms with Crippen LogP contribution in [0.15, 0.2) is 29.2 Å². The topological polar surface area (TPSA) is 66.4 Å². The summed E-state index contributed by atoms with van der Waals surface area (Å²) in [7, 11) is -3.51. The lowest BCUT2D eigenvalue weighted by atomic mass is 10.0. The van der Waals surface area contributed by atoms with E-state index >= 15 is 0 Å². The molecule has 17 heavy (non-hydrogen) atoms. The molecule has 0 saturated heterocycles. The maximum atomic E-state index is 11.8. The first-order chi connectivity index (χ1) is 7.83. The zero-order valence-electron chi connectivity index (χ0n) is 10.3. The molecule has 0 aliphatic rings. The Kier molecular flexibility index (Phi) is 4.68. The first-order valence-electron chi connectivity index (χ1n) is 5.60. The SMILES string of the molecule is CC(C)c1ccc(S(=O)(=O)NC[C@@H](C)O)cc1. The highest BCUT2D eigenvalue weighted by molar-refractivity contribution is 7.89. The number of sulfonamides is 1. The predicted octanol–water partition coefficient (Wildman–Crippen LogP) is 1.47. The molecular formula is C12H19NO3S. The second-order valence-electron chi connectivity index (χ2n) is 4.42. The third-order valence-electron chi connectivity index (χ3n) is 2.43. The second-order valence-corrected chi connectivity index (χ2v) is 6.19. The number of hydrogen-bond donors (Lipinski definition) is 2. The van der Waals surface area contributed by atoms with Crippen LogP contribution in [0.5, 0.6) is 0 Å². The van der Waals surface area contributed by atoms with E-state index in [1.54, 1.807) is 12.1 Å². The zero-order valence-corrected chi connectivity index (χ0v) is 11.2. The largest absolute Gasteiger partial charge is 0.392 e. The quantitative estimate of drug-likeness (QED) is 0.839. The first-order valence-corrected chi connectivity index (χ1v) is 7.09. The van der Waals surface area contributed by atoms with Gasteiger partial charge in [-0.15, -0.1) is 0 Å². The Morgan fingerprint density at radius 1 is 1.18 bits per heavy atom. The molecule has 1 aromatic carbocycles. The lowest BCUT2D eigenvalue weighted by Gasteiger charge is -2.10. The van der Waals surface area contributed by atoms with Crippen molar-refractivity contribution in [2.45, 2.75) is 37.7 Å². The Bertz CT molecular complexity index is 449. The van der Waals surface area contributed by atoms with Gasteiger partial charge in [0.2, 0.25) is 10.0 Å². The van der Waals surface area contributed by atoms with Gasteiger partial charge in [-0.05, 0) is 30.5 Å². The third kappa shape index (κ3) is 4.11. The minimum absolute atomic E-state index is 0.0221. The molecule has 0 aromatic heterocycles. The van der Waals surface area contributed by atoms with Crippen LogP contribution >= 0.6 is 0 Å². The van der Waals surface area contributed by atoms with Crippen LogP contribution in [0.1, 0.15) is 32.3 Å². The van der Waals surface area contributed by atoms with Crippen LogP contribution in [-0.4, -0.2) is 26.2 Å². The van der Waals surface area contributed by atoms with Gasteiger partial charge in [0.1, 0.15) is 0 Å². The molecule has 0 aliphatic heterocycles. The average Bonchev–Trinajstić information content (AvgIpc) is 2.27. The van der Waals surface area contributed by atoms with E-state index in [1.807, 2.05) is 12.1 Å². The van der Waals surface area contributed by atoms with Gasteiger partial charge in [0, 0.05) is 6.54 Å². The van der Waals surface area contributed by atoms with Crippen molar-refractivity contribution in [2.24, 2.45) is 0 Å². The van der Waals surface area contributed by atoms with Gasteiger partial charge in [0.15, 0.2) is 0 Å². The van der Waals surface area contributed by atoms with E-state index < -0.39 is 16.1 Å². The maximum absolute atomic E-state index is 11.8. The summed E-state index contributed by atoms with van der Waals surface area (Å²) < 4.78 is 25.9. The molecule has 0 spiro atoms. The van der Waals surface area contributed by atoms with Gasteiger partial charge in [0.05, 0.1) is 11.0 Å². The molecule has 5 heteroatoms. The molecule has 0 heterocycles. The van der Waals surface area contributed by atoms with Gasteiger partial charge in [0.25, 0.3) is 0 Å². The maximum Gasteiger partial charge on any atom is 0.240 e. The van der Waals surface area contributed by atoms with Crippen molar-refractivity contribution in [2.75, 3.05) is 6.54 Å². The summed E-state index contributed by atoms with van der Waals surface area (Å²) in [5, 5.41) is 9.05. The van der Waals surface area contributed by atoms with Crippen LogP contribution in [0.4, 0.5) is 0 Å². The second kappa shape index (κ2) is 5.62. The van der Waals surface area contributed by atoms with Crippen molar-refractivity contribution in [1.82, 2.24) is 4.72 Å². The van der Waals surface area contributed by atoms with Crippen molar-refractivity contribution < 1.29 is 13.5 Å². The molecule has 0 unspecified atom stereocenters. The first kappa shape index (κ1) is 14.2. The molecule has 0 fully saturated rings. The molecule has 2 N–H and O–H groups in total. The van der Waals surface area contributed by atoms with E-state index in [1.165, 1.54) is 6.92 Å². The fourth-order valence-electron chi connectivity index (χ4n) is 1.35. The van der Waals surface area contributed by atoms with E-state index in [2.05, 4.69) is 18.6 Å². The van der Waals surface area contributed by atoms with Gasteiger partial charge in [-0.25, -0.2) is 13.1 Å². The summed E-state index contributed by atoms with van der Waals surface area (Å²) >= 11 is 0. The number of hydrogen-bond acceptors (Lipinski definition) is 3. The lowest BCUT2D eigenvalue weighted by molar-refractivity contribution is 0.198. The fourth-order valence-corrected chi connectivity index (χ4v) is 2.47. The van der Waals surface area contributed by atoms with Crippen LogP contribution < -0.4 is 4.72 Å². The minimum Gasteiger partial charge on any atom is -0.392 e. The normalized spacial score (nSPS) is 13.9. The predicted molar refractivity (Wildman–Crippen MR) is 67.4 cm³/mol. The van der Waals surface area contributed by atoms with Crippen LogP contribution in [0.25, 0.3) is 0 Å². The molecule has 0 amide bonds. The smallest absolute Gasteiger partial charge is 0.240 e. The number of benzene rings is 1. The number of nitrogens with one attached hydrogen (secondary N) is 1. The Balaban J connectivity index is 2.85. The van der Waals surface area contributed by atoms with Crippen molar-refractivity contribution in [3.8, 4) is 0 Å². The van der Waals surface area contributed by atoms with Crippen LogP contribution in [0.2, 0.25) is 0 Å². The number of aliphatic hydroxyl groups excluding tert-OH is 1. The van der Waals surface area contributed by atoms with Crippen LogP contribution in [-0.2, 0) is 10.0 Å². The standard InChI is InChI=1S/C12H19NO3S/c1-9(2)11-4-6-12(7-5-11)17(15,16)13-8-10(3)14/h4-7,9-10,13-14H,8H2,1-3H3/t10-/m1/s1. The van der Waals surface area contributed by atoms with E-state index in [9.17, 15) is 8.42 Å².